The summed E-state index contributed by atoms with van der Waals surface area (Å²) in [5.41, 5.74) is 3.27. The monoisotopic (exact) mass is 276 g/mol. The Bertz CT molecular complexity index is 811. The molecule has 0 saturated carbocycles. The molecule has 3 aromatic heterocycles. The van der Waals surface area contributed by atoms with E-state index in [1.54, 1.807) is 18.3 Å². The van der Waals surface area contributed by atoms with Gasteiger partial charge in [-0.25, -0.2) is 0 Å². The van der Waals surface area contributed by atoms with Crippen molar-refractivity contribution in [2.75, 3.05) is 0 Å². The molecule has 3 heterocycles. The summed E-state index contributed by atoms with van der Waals surface area (Å²) in [6, 6.07) is 9.72. The first-order valence-electron chi connectivity index (χ1n) is 7.13. The predicted molar refractivity (Wildman–Crippen MR) is 82.6 cm³/mol. The molecule has 0 aromatic carbocycles. The Morgan fingerprint density at radius 2 is 2.05 bits per heavy atom. The molecule has 0 aliphatic heterocycles. The normalized spacial score (nSPS) is 10.7. The van der Waals surface area contributed by atoms with Gasteiger partial charge in [-0.2, -0.15) is 5.26 Å². The number of hydrogen-bond donors (Lipinski definition) is 0. The highest BCUT2D eigenvalue weighted by Crippen LogP contribution is 2.22. The molecular weight excluding hydrogens is 260 g/mol. The Morgan fingerprint density at radius 1 is 1.19 bits per heavy atom. The second-order valence-electron chi connectivity index (χ2n) is 5.03. The van der Waals surface area contributed by atoms with Crippen LogP contribution in [0.1, 0.15) is 25.3 Å². The third-order valence-electron chi connectivity index (χ3n) is 3.56. The van der Waals surface area contributed by atoms with Crippen LogP contribution in [0.5, 0.6) is 0 Å². The molecule has 0 spiro atoms. The van der Waals surface area contributed by atoms with Gasteiger partial charge in [-0.3, -0.25) is 9.97 Å². The van der Waals surface area contributed by atoms with Crippen molar-refractivity contribution in [2.45, 2.75) is 26.3 Å². The SMILES string of the molecule is CCCCn1ccc2cc(-c3cc(C#N)ccn3)ncc21. The molecule has 0 aliphatic rings. The molecule has 0 unspecified atom stereocenters. The number of rotatable bonds is 4. The van der Waals surface area contributed by atoms with Gasteiger partial charge in [-0.1, -0.05) is 13.3 Å². The first-order valence-corrected chi connectivity index (χ1v) is 7.13. The van der Waals surface area contributed by atoms with Crippen LogP contribution in [-0.4, -0.2) is 14.5 Å². The maximum Gasteiger partial charge on any atom is 0.0992 e. The van der Waals surface area contributed by atoms with E-state index in [9.17, 15) is 0 Å². The summed E-state index contributed by atoms with van der Waals surface area (Å²) in [7, 11) is 0. The van der Waals surface area contributed by atoms with Gasteiger partial charge >= 0.3 is 0 Å². The number of unbranched alkanes of at least 4 members (excludes halogenated alkanes) is 1. The Hall–Kier alpha value is -2.67. The second-order valence-corrected chi connectivity index (χ2v) is 5.03. The van der Waals surface area contributed by atoms with Crippen LogP contribution in [0.15, 0.2) is 42.9 Å². The van der Waals surface area contributed by atoms with E-state index >= 15 is 0 Å². The molecule has 0 fully saturated rings. The average Bonchev–Trinajstić information content (AvgIpc) is 2.95. The van der Waals surface area contributed by atoms with E-state index in [2.05, 4.69) is 39.8 Å². The zero-order valence-electron chi connectivity index (χ0n) is 12.0. The molecule has 21 heavy (non-hydrogen) atoms. The fraction of sp³-hybridized carbons (Fsp3) is 0.235. The quantitative estimate of drug-likeness (QED) is 0.728. The Labute approximate surface area is 123 Å². The zero-order valence-corrected chi connectivity index (χ0v) is 12.0. The molecule has 3 aromatic rings. The van der Waals surface area contributed by atoms with Crippen molar-refractivity contribution in [3.8, 4) is 17.5 Å². The summed E-state index contributed by atoms with van der Waals surface area (Å²) in [5, 5.41) is 10.1. The number of fused-ring (bicyclic) bond motifs is 1. The number of hydrogen-bond acceptors (Lipinski definition) is 3. The molecule has 3 rings (SSSR count). The van der Waals surface area contributed by atoms with Gasteiger partial charge in [0.25, 0.3) is 0 Å². The Balaban J connectivity index is 2.00. The van der Waals surface area contributed by atoms with E-state index in [0.29, 0.717) is 5.56 Å². The molecule has 0 N–H and O–H groups in total. The number of pyridine rings is 2. The minimum atomic E-state index is 0.599. The summed E-state index contributed by atoms with van der Waals surface area (Å²) in [5.74, 6) is 0. The largest absolute Gasteiger partial charge is 0.346 e. The smallest absolute Gasteiger partial charge is 0.0992 e. The zero-order chi connectivity index (χ0) is 14.7. The molecule has 0 saturated heterocycles. The van der Waals surface area contributed by atoms with Crippen molar-refractivity contribution in [1.82, 2.24) is 14.5 Å². The Kier molecular flexibility index (Phi) is 3.65. The van der Waals surface area contributed by atoms with Crippen molar-refractivity contribution >= 4 is 10.9 Å². The van der Waals surface area contributed by atoms with Gasteiger partial charge < -0.3 is 4.57 Å². The van der Waals surface area contributed by atoms with Crippen molar-refractivity contribution in [2.24, 2.45) is 0 Å². The van der Waals surface area contributed by atoms with Crippen LogP contribution in [0.3, 0.4) is 0 Å². The first-order chi connectivity index (χ1) is 10.3. The lowest BCUT2D eigenvalue weighted by molar-refractivity contribution is 0.649. The lowest BCUT2D eigenvalue weighted by Gasteiger charge is -2.05. The van der Waals surface area contributed by atoms with Gasteiger partial charge in [-0.15, -0.1) is 0 Å². The van der Waals surface area contributed by atoms with Gasteiger partial charge in [-0.05, 0) is 30.7 Å². The van der Waals surface area contributed by atoms with Crippen molar-refractivity contribution in [3.05, 3.63) is 48.4 Å². The van der Waals surface area contributed by atoms with Crippen LogP contribution >= 0.6 is 0 Å². The lowest BCUT2D eigenvalue weighted by Crippen LogP contribution is -1.96. The summed E-state index contributed by atoms with van der Waals surface area (Å²) in [4.78, 5) is 8.80. The molecule has 104 valence electrons. The van der Waals surface area contributed by atoms with Crippen LogP contribution in [0.2, 0.25) is 0 Å². The van der Waals surface area contributed by atoms with Crippen LogP contribution < -0.4 is 0 Å². The summed E-state index contributed by atoms with van der Waals surface area (Å²) < 4.78 is 2.23. The highest BCUT2D eigenvalue weighted by Gasteiger charge is 2.06. The minimum absolute atomic E-state index is 0.599. The van der Waals surface area contributed by atoms with Crippen LogP contribution in [-0.2, 0) is 6.54 Å². The van der Waals surface area contributed by atoms with Gasteiger partial charge in [0, 0.05) is 24.3 Å². The fourth-order valence-electron chi connectivity index (χ4n) is 2.39. The standard InChI is InChI=1S/C17H16N4/c1-2-3-7-21-8-5-14-10-16(20-12-17(14)21)15-9-13(11-18)4-6-19-15/h4-6,8-10,12H,2-3,7H2,1H3. The number of aryl methyl sites for hydroxylation is 1. The second kappa shape index (κ2) is 5.76. The summed E-state index contributed by atoms with van der Waals surface area (Å²) in [6.45, 7) is 3.21. The van der Waals surface area contributed by atoms with Crippen molar-refractivity contribution in [1.29, 1.82) is 5.26 Å². The highest BCUT2D eigenvalue weighted by molar-refractivity contribution is 5.82. The van der Waals surface area contributed by atoms with Crippen LogP contribution in [0, 0.1) is 11.3 Å². The van der Waals surface area contributed by atoms with E-state index < -0.39 is 0 Å². The fourth-order valence-corrected chi connectivity index (χ4v) is 2.39. The van der Waals surface area contributed by atoms with Crippen LogP contribution in [0.4, 0.5) is 0 Å². The Morgan fingerprint density at radius 3 is 2.86 bits per heavy atom. The number of nitriles is 1. The first kappa shape index (κ1) is 13.3. The molecule has 0 bridgehead atoms. The molecule has 0 aliphatic carbocycles. The predicted octanol–water partition coefficient (Wildman–Crippen LogP) is 3.77. The van der Waals surface area contributed by atoms with E-state index in [-0.39, 0.29) is 0 Å². The maximum absolute atomic E-state index is 8.96. The third-order valence-corrected chi connectivity index (χ3v) is 3.56. The molecular formula is C17H16N4. The van der Waals surface area contributed by atoms with Crippen molar-refractivity contribution < 1.29 is 0 Å². The summed E-state index contributed by atoms with van der Waals surface area (Å²) >= 11 is 0. The topological polar surface area (TPSA) is 54.5 Å². The molecule has 0 radical (unpaired) electrons. The molecule has 4 nitrogen and oxygen atoms in total. The van der Waals surface area contributed by atoms with E-state index in [4.69, 9.17) is 5.26 Å². The lowest BCUT2D eigenvalue weighted by atomic mass is 10.1. The third kappa shape index (κ3) is 2.63. The number of nitrogens with zero attached hydrogens (tertiary/aromatic N) is 4. The van der Waals surface area contributed by atoms with E-state index in [1.165, 1.54) is 6.42 Å². The van der Waals surface area contributed by atoms with Gasteiger partial charge in [0.05, 0.1) is 34.7 Å². The van der Waals surface area contributed by atoms with Crippen LogP contribution in [0.25, 0.3) is 22.3 Å². The maximum atomic E-state index is 8.96. The van der Waals surface area contributed by atoms with E-state index in [1.807, 2.05) is 12.3 Å². The highest BCUT2D eigenvalue weighted by atomic mass is 15.0. The van der Waals surface area contributed by atoms with Gasteiger partial charge in [0.15, 0.2) is 0 Å². The van der Waals surface area contributed by atoms with E-state index in [0.717, 1.165) is 35.3 Å². The van der Waals surface area contributed by atoms with Gasteiger partial charge in [0.1, 0.15) is 0 Å². The molecule has 4 heteroatoms. The molecule has 0 atom stereocenters. The minimum Gasteiger partial charge on any atom is -0.346 e. The summed E-state index contributed by atoms with van der Waals surface area (Å²) in [6.07, 6.45) is 7.98. The van der Waals surface area contributed by atoms with Gasteiger partial charge in [0.2, 0.25) is 0 Å². The molecule has 0 amide bonds. The number of aromatic nitrogens is 3. The average molecular weight is 276 g/mol. The van der Waals surface area contributed by atoms with Crippen molar-refractivity contribution in [3.63, 3.8) is 0 Å².